The molecule has 1 saturated carbocycles. The second-order valence-corrected chi connectivity index (χ2v) is 4.99. The summed E-state index contributed by atoms with van der Waals surface area (Å²) in [6.45, 7) is 0.472. The van der Waals surface area contributed by atoms with Gasteiger partial charge >= 0.3 is 11.9 Å². The van der Waals surface area contributed by atoms with E-state index in [1.165, 1.54) is 43.5 Å². The molecule has 0 saturated heterocycles. The molecule has 0 bridgehead atoms. The summed E-state index contributed by atoms with van der Waals surface area (Å²) in [5.74, 6) is -0.888. The highest BCUT2D eigenvalue weighted by Gasteiger charge is 2.16. The molecule has 0 heterocycles. The van der Waals surface area contributed by atoms with Crippen LogP contribution in [0.5, 0.6) is 0 Å². The SMILES string of the molecule is O=C(O)c1ccc(C(=O)OCC2CCCCC2)cc1. The Kier molecular flexibility index (Phi) is 4.55. The second-order valence-electron chi connectivity index (χ2n) is 4.99. The lowest BCUT2D eigenvalue weighted by atomic mass is 9.90. The van der Waals surface area contributed by atoms with Crippen molar-refractivity contribution < 1.29 is 19.4 Å². The Hall–Kier alpha value is -1.84. The van der Waals surface area contributed by atoms with Crippen LogP contribution in [-0.2, 0) is 4.74 Å². The molecule has 0 radical (unpaired) electrons. The van der Waals surface area contributed by atoms with Crippen LogP contribution in [0, 0.1) is 5.92 Å². The largest absolute Gasteiger partial charge is 0.478 e. The average molecular weight is 262 g/mol. The molecule has 2 rings (SSSR count). The van der Waals surface area contributed by atoms with E-state index in [4.69, 9.17) is 9.84 Å². The van der Waals surface area contributed by atoms with Gasteiger partial charge < -0.3 is 9.84 Å². The molecule has 4 nitrogen and oxygen atoms in total. The van der Waals surface area contributed by atoms with E-state index in [1.54, 1.807) is 0 Å². The smallest absolute Gasteiger partial charge is 0.338 e. The van der Waals surface area contributed by atoms with Gasteiger partial charge in [-0.3, -0.25) is 0 Å². The Bertz CT molecular complexity index is 444. The van der Waals surface area contributed by atoms with Crippen molar-refractivity contribution in [3.05, 3.63) is 35.4 Å². The maximum absolute atomic E-state index is 11.8. The fourth-order valence-corrected chi connectivity index (χ4v) is 2.38. The van der Waals surface area contributed by atoms with E-state index in [0.29, 0.717) is 18.1 Å². The molecule has 1 aromatic rings. The zero-order valence-electron chi connectivity index (χ0n) is 10.8. The summed E-state index contributed by atoms with van der Waals surface area (Å²) in [5.41, 5.74) is 0.574. The fraction of sp³-hybridized carbons (Fsp3) is 0.467. The Morgan fingerprint density at radius 3 is 2.21 bits per heavy atom. The molecule has 0 atom stereocenters. The first kappa shape index (κ1) is 13.6. The van der Waals surface area contributed by atoms with Gasteiger partial charge in [-0.1, -0.05) is 19.3 Å². The van der Waals surface area contributed by atoms with Gasteiger partial charge in [0.25, 0.3) is 0 Å². The third kappa shape index (κ3) is 3.81. The van der Waals surface area contributed by atoms with Crippen LogP contribution in [-0.4, -0.2) is 23.7 Å². The van der Waals surface area contributed by atoms with Crippen LogP contribution in [0.25, 0.3) is 0 Å². The Labute approximate surface area is 112 Å². The van der Waals surface area contributed by atoms with Crippen molar-refractivity contribution in [3.8, 4) is 0 Å². The molecular weight excluding hydrogens is 244 g/mol. The number of carboxylic acids is 1. The number of rotatable bonds is 4. The lowest BCUT2D eigenvalue weighted by Crippen LogP contribution is -2.16. The van der Waals surface area contributed by atoms with E-state index in [1.807, 2.05) is 0 Å². The van der Waals surface area contributed by atoms with Crippen LogP contribution < -0.4 is 0 Å². The minimum absolute atomic E-state index is 0.170. The molecule has 0 aliphatic heterocycles. The molecule has 0 unspecified atom stereocenters. The number of ether oxygens (including phenoxy) is 1. The third-order valence-electron chi connectivity index (χ3n) is 3.54. The van der Waals surface area contributed by atoms with E-state index >= 15 is 0 Å². The normalized spacial score (nSPS) is 16.0. The van der Waals surface area contributed by atoms with Crippen LogP contribution in [0.2, 0.25) is 0 Å². The highest BCUT2D eigenvalue weighted by molar-refractivity contribution is 5.92. The summed E-state index contributed by atoms with van der Waals surface area (Å²) in [5, 5.41) is 8.77. The van der Waals surface area contributed by atoms with E-state index in [2.05, 4.69) is 0 Å². The molecular formula is C15H18O4. The number of aromatic carboxylic acids is 1. The van der Waals surface area contributed by atoms with Crippen molar-refractivity contribution >= 4 is 11.9 Å². The second kappa shape index (κ2) is 6.36. The minimum Gasteiger partial charge on any atom is -0.478 e. The number of hydrogen-bond donors (Lipinski definition) is 1. The summed E-state index contributed by atoms with van der Waals surface area (Å²) in [4.78, 5) is 22.5. The van der Waals surface area contributed by atoms with Gasteiger partial charge in [0.15, 0.2) is 0 Å². The molecule has 1 N–H and O–H groups in total. The van der Waals surface area contributed by atoms with Gasteiger partial charge in [0.2, 0.25) is 0 Å². The maximum Gasteiger partial charge on any atom is 0.338 e. The number of benzene rings is 1. The van der Waals surface area contributed by atoms with Crippen molar-refractivity contribution in [1.82, 2.24) is 0 Å². The molecule has 0 amide bonds. The zero-order chi connectivity index (χ0) is 13.7. The standard InChI is InChI=1S/C15H18O4/c16-14(17)12-6-8-13(9-7-12)15(18)19-10-11-4-2-1-3-5-11/h6-9,11H,1-5,10H2,(H,16,17). The molecule has 102 valence electrons. The Morgan fingerprint density at radius 2 is 1.63 bits per heavy atom. The van der Waals surface area contributed by atoms with Crippen LogP contribution in [0.3, 0.4) is 0 Å². The molecule has 4 heteroatoms. The minimum atomic E-state index is -0.998. The van der Waals surface area contributed by atoms with Gasteiger partial charge in [0, 0.05) is 0 Å². The number of carboxylic acid groups (broad SMARTS) is 1. The maximum atomic E-state index is 11.8. The molecule has 0 aromatic heterocycles. The quantitative estimate of drug-likeness (QED) is 0.847. The predicted octanol–water partition coefficient (Wildman–Crippen LogP) is 3.12. The first-order valence-corrected chi connectivity index (χ1v) is 6.67. The van der Waals surface area contributed by atoms with Crippen LogP contribution in [0.4, 0.5) is 0 Å². The summed E-state index contributed by atoms with van der Waals surface area (Å²) in [7, 11) is 0. The van der Waals surface area contributed by atoms with Gasteiger partial charge in [-0.15, -0.1) is 0 Å². The first-order valence-electron chi connectivity index (χ1n) is 6.67. The lowest BCUT2D eigenvalue weighted by Gasteiger charge is -2.21. The summed E-state index contributed by atoms with van der Waals surface area (Å²) in [6.07, 6.45) is 5.97. The van der Waals surface area contributed by atoms with E-state index in [-0.39, 0.29) is 11.5 Å². The van der Waals surface area contributed by atoms with Crippen molar-refractivity contribution in [2.45, 2.75) is 32.1 Å². The molecule has 1 fully saturated rings. The van der Waals surface area contributed by atoms with Crippen LogP contribution in [0.1, 0.15) is 52.8 Å². The van der Waals surface area contributed by atoms with Gasteiger partial charge in [0.05, 0.1) is 17.7 Å². The summed E-state index contributed by atoms with van der Waals surface area (Å²) >= 11 is 0. The van der Waals surface area contributed by atoms with Crippen molar-refractivity contribution in [2.24, 2.45) is 5.92 Å². The van der Waals surface area contributed by atoms with E-state index < -0.39 is 5.97 Å². The molecule has 0 spiro atoms. The fourth-order valence-electron chi connectivity index (χ4n) is 2.38. The average Bonchev–Trinajstić information content (AvgIpc) is 2.46. The van der Waals surface area contributed by atoms with Gasteiger partial charge in [-0.05, 0) is 43.0 Å². The van der Waals surface area contributed by atoms with Crippen molar-refractivity contribution in [1.29, 1.82) is 0 Å². The van der Waals surface area contributed by atoms with E-state index in [0.717, 1.165) is 12.8 Å². The van der Waals surface area contributed by atoms with Gasteiger partial charge in [0.1, 0.15) is 0 Å². The highest BCUT2D eigenvalue weighted by Crippen LogP contribution is 2.24. The first-order chi connectivity index (χ1) is 9.16. The number of hydrogen-bond acceptors (Lipinski definition) is 3. The lowest BCUT2D eigenvalue weighted by molar-refractivity contribution is 0.0409. The summed E-state index contributed by atoms with van der Waals surface area (Å²) < 4.78 is 5.28. The monoisotopic (exact) mass is 262 g/mol. The number of carbonyl (C=O) groups excluding carboxylic acids is 1. The van der Waals surface area contributed by atoms with Crippen molar-refractivity contribution in [3.63, 3.8) is 0 Å². The summed E-state index contributed by atoms with van der Waals surface area (Å²) in [6, 6.07) is 5.82. The topological polar surface area (TPSA) is 63.6 Å². The van der Waals surface area contributed by atoms with Crippen LogP contribution >= 0.6 is 0 Å². The van der Waals surface area contributed by atoms with Gasteiger partial charge in [-0.25, -0.2) is 9.59 Å². The number of carbonyl (C=O) groups is 2. The predicted molar refractivity (Wildman–Crippen MR) is 70.3 cm³/mol. The number of esters is 1. The zero-order valence-corrected chi connectivity index (χ0v) is 10.8. The molecule has 1 aromatic carbocycles. The molecule has 1 aliphatic carbocycles. The highest BCUT2D eigenvalue weighted by atomic mass is 16.5. The Balaban J connectivity index is 1.86. The van der Waals surface area contributed by atoms with Crippen LogP contribution in [0.15, 0.2) is 24.3 Å². The van der Waals surface area contributed by atoms with Gasteiger partial charge in [-0.2, -0.15) is 0 Å². The molecule has 1 aliphatic rings. The third-order valence-corrected chi connectivity index (χ3v) is 3.54. The van der Waals surface area contributed by atoms with E-state index in [9.17, 15) is 9.59 Å². The Morgan fingerprint density at radius 1 is 1.05 bits per heavy atom. The molecule has 19 heavy (non-hydrogen) atoms. The van der Waals surface area contributed by atoms with Crippen molar-refractivity contribution in [2.75, 3.05) is 6.61 Å².